The molecule has 84 valence electrons. The molecule has 1 aromatic heterocycles. The summed E-state index contributed by atoms with van der Waals surface area (Å²) in [5.41, 5.74) is -0.322. The molecule has 0 aliphatic rings. The lowest BCUT2D eigenvalue weighted by molar-refractivity contribution is 0.189. The highest BCUT2D eigenvalue weighted by molar-refractivity contribution is 7.11. The molecule has 1 amide bonds. The standard InChI is InChI=1S/C9H14N2O3S/c1-9(2,3)11-7(12)14-6-5-15-8(10-6)13-4/h5H,1-4H3,(H,11,12). The van der Waals surface area contributed by atoms with Gasteiger partial charge in [-0.05, 0) is 20.8 Å². The zero-order chi connectivity index (χ0) is 11.5. The number of nitrogens with zero attached hydrogens (tertiary/aromatic N) is 1. The second kappa shape index (κ2) is 4.48. The van der Waals surface area contributed by atoms with Gasteiger partial charge >= 0.3 is 6.09 Å². The van der Waals surface area contributed by atoms with Crippen molar-refractivity contribution in [2.75, 3.05) is 7.11 Å². The van der Waals surface area contributed by atoms with E-state index in [9.17, 15) is 4.79 Å². The zero-order valence-electron chi connectivity index (χ0n) is 9.16. The molecule has 0 radical (unpaired) electrons. The van der Waals surface area contributed by atoms with Crippen LogP contribution >= 0.6 is 11.3 Å². The van der Waals surface area contributed by atoms with Crippen molar-refractivity contribution >= 4 is 17.4 Å². The van der Waals surface area contributed by atoms with Crippen molar-refractivity contribution in [1.29, 1.82) is 0 Å². The highest BCUT2D eigenvalue weighted by atomic mass is 32.1. The smallest absolute Gasteiger partial charge is 0.414 e. The number of hydrogen-bond donors (Lipinski definition) is 1. The van der Waals surface area contributed by atoms with E-state index >= 15 is 0 Å². The second-order valence-electron chi connectivity index (χ2n) is 3.92. The lowest BCUT2D eigenvalue weighted by Crippen LogP contribution is -2.42. The Kier molecular flexibility index (Phi) is 3.52. The fourth-order valence-corrected chi connectivity index (χ4v) is 1.35. The SMILES string of the molecule is COc1nc(OC(=O)NC(C)(C)C)cs1. The summed E-state index contributed by atoms with van der Waals surface area (Å²) in [6.45, 7) is 5.61. The molecule has 0 aliphatic carbocycles. The molecule has 0 aliphatic heterocycles. The van der Waals surface area contributed by atoms with E-state index in [0.29, 0.717) is 5.19 Å². The molecule has 0 bridgehead atoms. The molecule has 1 heterocycles. The van der Waals surface area contributed by atoms with Crippen LogP contribution in [0, 0.1) is 0 Å². The van der Waals surface area contributed by atoms with Gasteiger partial charge < -0.3 is 14.8 Å². The normalized spacial score (nSPS) is 10.9. The first kappa shape index (κ1) is 11.8. The van der Waals surface area contributed by atoms with Crippen LogP contribution in [-0.2, 0) is 0 Å². The molecule has 0 saturated heterocycles. The van der Waals surface area contributed by atoms with Crippen LogP contribution in [0.4, 0.5) is 4.79 Å². The lowest BCUT2D eigenvalue weighted by atomic mass is 10.1. The summed E-state index contributed by atoms with van der Waals surface area (Å²) >= 11 is 1.27. The minimum Gasteiger partial charge on any atom is -0.473 e. The summed E-state index contributed by atoms with van der Waals surface area (Å²) in [6.07, 6.45) is -0.518. The van der Waals surface area contributed by atoms with E-state index in [1.165, 1.54) is 18.4 Å². The van der Waals surface area contributed by atoms with Crippen molar-refractivity contribution < 1.29 is 14.3 Å². The molecule has 1 rings (SSSR count). The van der Waals surface area contributed by atoms with Gasteiger partial charge in [0.25, 0.3) is 5.19 Å². The maximum atomic E-state index is 11.3. The monoisotopic (exact) mass is 230 g/mol. The second-order valence-corrected chi connectivity index (χ2v) is 4.74. The van der Waals surface area contributed by atoms with Crippen molar-refractivity contribution in [3.05, 3.63) is 5.38 Å². The molecule has 0 aromatic carbocycles. The average molecular weight is 230 g/mol. The molecule has 0 saturated carbocycles. The molecule has 0 unspecified atom stereocenters. The number of amides is 1. The number of ether oxygens (including phenoxy) is 2. The third-order valence-electron chi connectivity index (χ3n) is 1.31. The summed E-state index contributed by atoms with van der Waals surface area (Å²) in [5.74, 6) is 0.249. The van der Waals surface area contributed by atoms with Gasteiger partial charge in [-0.25, -0.2) is 4.79 Å². The topological polar surface area (TPSA) is 60.5 Å². The van der Waals surface area contributed by atoms with Crippen LogP contribution in [0.25, 0.3) is 0 Å². The molecule has 0 spiro atoms. The molecule has 6 heteroatoms. The van der Waals surface area contributed by atoms with Crippen molar-refractivity contribution in [2.45, 2.75) is 26.3 Å². The highest BCUT2D eigenvalue weighted by Crippen LogP contribution is 2.22. The van der Waals surface area contributed by atoms with Crippen molar-refractivity contribution in [3.63, 3.8) is 0 Å². The Labute approximate surface area is 92.4 Å². The maximum absolute atomic E-state index is 11.3. The predicted molar refractivity (Wildman–Crippen MR) is 57.6 cm³/mol. The number of methoxy groups -OCH3 is 1. The first-order valence-electron chi connectivity index (χ1n) is 4.40. The number of nitrogens with one attached hydrogen (secondary N) is 1. The van der Waals surface area contributed by atoms with Crippen LogP contribution in [0.2, 0.25) is 0 Å². The van der Waals surface area contributed by atoms with E-state index in [2.05, 4.69) is 10.3 Å². The third-order valence-corrected chi connectivity index (χ3v) is 2.09. The molecule has 1 N–H and O–H groups in total. The maximum Gasteiger partial charge on any atom is 0.414 e. The van der Waals surface area contributed by atoms with E-state index in [1.54, 1.807) is 5.38 Å². The van der Waals surface area contributed by atoms with Gasteiger partial charge in [-0.15, -0.1) is 0 Å². The lowest BCUT2D eigenvalue weighted by Gasteiger charge is -2.19. The number of carbonyl (C=O) groups excluding carboxylic acids is 1. The Morgan fingerprint density at radius 1 is 1.53 bits per heavy atom. The van der Waals surface area contributed by atoms with E-state index in [4.69, 9.17) is 9.47 Å². The van der Waals surface area contributed by atoms with E-state index in [-0.39, 0.29) is 11.4 Å². The van der Waals surface area contributed by atoms with Gasteiger partial charge in [0, 0.05) is 5.54 Å². The van der Waals surface area contributed by atoms with Gasteiger partial charge in [0.05, 0.1) is 12.5 Å². The van der Waals surface area contributed by atoms with Crippen LogP contribution in [0.5, 0.6) is 11.1 Å². The molecule has 0 fully saturated rings. The van der Waals surface area contributed by atoms with E-state index in [0.717, 1.165) is 0 Å². The quantitative estimate of drug-likeness (QED) is 0.844. The van der Waals surface area contributed by atoms with Crippen molar-refractivity contribution in [2.24, 2.45) is 0 Å². The largest absolute Gasteiger partial charge is 0.473 e. The minimum atomic E-state index is -0.518. The van der Waals surface area contributed by atoms with Gasteiger partial charge in [0.1, 0.15) is 0 Å². The fourth-order valence-electron chi connectivity index (χ4n) is 0.811. The summed E-state index contributed by atoms with van der Waals surface area (Å²) in [7, 11) is 1.51. The summed E-state index contributed by atoms with van der Waals surface area (Å²) < 4.78 is 9.82. The van der Waals surface area contributed by atoms with Crippen LogP contribution in [0.1, 0.15) is 20.8 Å². The van der Waals surface area contributed by atoms with Crippen LogP contribution < -0.4 is 14.8 Å². The molecular formula is C9H14N2O3S. The number of carbonyl (C=O) groups is 1. The molecule has 5 nitrogen and oxygen atoms in total. The minimum absolute atomic E-state index is 0.249. The number of thiazole rings is 1. The van der Waals surface area contributed by atoms with Gasteiger partial charge in [-0.2, -0.15) is 4.98 Å². The number of aromatic nitrogens is 1. The molecule has 0 atom stereocenters. The molecular weight excluding hydrogens is 216 g/mol. The first-order chi connectivity index (χ1) is 6.90. The Balaban J connectivity index is 2.51. The average Bonchev–Trinajstić information content (AvgIpc) is 2.48. The van der Waals surface area contributed by atoms with Crippen LogP contribution in [-0.4, -0.2) is 23.7 Å². The zero-order valence-corrected chi connectivity index (χ0v) is 9.97. The Bertz CT molecular complexity index is 343. The Morgan fingerprint density at radius 2 is 2.20 bits per heavy atom. The van der Waals surface area contributed by atoms with Crippen molar-refractivity contribution in [3.8, 4) is 11.1 Å². The van der Waals surface area contributed by atoms with Gasteiger partial charge in [-0.3, -0.25) is 0 Å². The molecule has 15 heavy (non-hydrogen) atoms. The summed E-state index contributed by atoms with van der Waals surface area (Å²) in [4.78, 5) is 15.2. The van der Waals surface area contributed by atoms with Gasteiger partial charge in [0.2, 0.25) is 5.88 Å². The number of hydrogen-bond acceptors (Lipinski definition) is 5. The third kappa shape index (κ3) is 4.16. The Morgan fingerprint density at radius 3 is 2.67 bits per heavy atom. The van der Waals surface area contributed by atoms with E-state index in [1.807, 2.05) is 20.8 Å². The van der Waals surface area contributed by atoms with Crippen LogP contribution in [0.15, 0.2) is 5.38 Å². The van der Waals surface area contributed by atoms with E-state index < -0.39 is 6.09 Å². The van der Waals surface area contributed by atoms with Crippen LogP contribution in [0.3, 0.4) is 0 Å². The van der Waals surface area contributed by atoms with Gasteiger partial charge in [0.15, 0.2) is 0 Å². The summed E-state index contributed by atoms with van der Waals surface area (Å²) in [6, 6.07) is 0. The Hall–Kier alpha value is -1.30. The van der Waals surface area contributed by atoms with Crippen molar-refractivity contribution in [1.82, 2.24) is 10.3 Å². The fraction of sp³-hybridized carbons (Fsp3) is 0.556. The summed E-state index contributed by atoms with van der Waals surface area (Å²) in [5, 5.41) is 4.74. The number of rotatable bonds is 2. The molecule has 1 aromatic rings. The first-order valence-corrected chi connectivity index (χ1v) is 5.28. The highest BCUT2D eigenvalue weighted by Gasteiger charge is 2.16. The van der Waals surface area contributed by atoms with Gasteiger partial charge in [-0.1, -0.05) is 11.3 Å². The predicted octanol–water partition coefficient (Wildman–Crippen LogP) is 2.04.